The summed E-state index contributed by atoms with van der Waals surface area (Å²) in [6.07, 6.45) is 3.66. The number of rotatable bonds is 2. The van der Waals surface area contributed by atoms with Gasteiger partial charge < -0.3 is 5.73 Å². The number of imidazole rings is 1. The van der Waals surface area contributed by atoms with Crippen LogP contribution < -0.4 is 5.73 Å². The lowest BCUT2D eigenvalue weighted by molar-refractivity contribution is 1.04. The molecule has 0 radical (unpaired) electrons. The molecule has 2 heterocycles. The second-order valence-corrected chi connectivity index (χ2v) is 4.34. The number of fused-ring (bicyclic) bond motifs is 1. The van der Waals surface area contributed by atoms with Crippen LogP contribution in [0.2, 0.25) is 0 Å². The Hall–Kier alpha value is -2.20. The Kier molecular flexibility index (Phi) is 2.57. The average Bonchev–Trinajstić information content (AvgIpc) is 2.81. The first kappa shape index (κ1) is 10.9. The minimum Gasteiger partial charge on any atom is -0.326 e. The highest BCUT2D eigenvalue weighted by Crippen LogP contribution is 2.17. The van der Waals surface area contributed by atoms with Gasteiger partial charge in [-0.25, -0.2) is 9.97 Å². The highest BCUT2D eigenvalue weighted by molar-refractivity contribution is 5.73. The molecule has 3 rings (SSSR count). The summed E-state index contributed by atoms with van der Waals surface area (Å²) < 4.78 is 1.98. The number of benzene rings is 1. The van der Waals surface area contributed by atoms with Crippen molar-refractivity contribution in [2.75, 3.05) is 0 Å². The molecule has 4 heteroatoms. The van der Waals surface area contributed by atoms with E-state index in [1.807, 2.05) is 48.0 Å². The molecule has 2 N–H and O–H groups in total. The monoisotopic (exact) mass is 238 g/mol. The largest absolute Gasteiger partial charge is 0.326 e. The van der Waals surface area contributed by atoms with Crippen molar-refractivity contribution in [1.29, 1.82) is 0 Å². The third-order valence-corrected chi connectivity index (χ3v) is 2.97. The molecule has 2 aromatic heterocycles. The Bertz CT molecular complexity index is 683. The molecule has 0 atom stereocenters. The zero-order valence-corrected chi connectivity index (χ0v) is 10.2. The van der Waals surface area contributed by atoms with Crippen LogP contribution in [-0.2, 0) is 6.54 Å². The van der Waals surface area contributed by atoms with Crippen molar-refractivity contribution in [1.82, 2.24) is 14.5 Å². The maximum Gasteiger partial charge on any atom is 0.164 e. The third kappa shape index (κ3) is 1.76. The second kappa shape index (κ2) is 4.23. The second-order valence-electron chi connectivity index (χ2n) is 4.34. The minimum atomic E-state index is 0.558. The van der Waals surface area contributed by atoms with Gasteiger partial charge in [-0.05, 0) is 36.2 Å². The summed E-state index contributed by atoms with van der Waals surface area (Å²) in [5, 5.41) is 0. The summed E-state index contributed by atoms with van der Waals surface area (Å²) in [4.78, 5) is 8.81. The molecular weight excluding hydrogens is 224 g/mol. The van der Waals surface area contributed by atoms with Crippen LogP contribution in [0.4, 0.5) is 0 Å². The summed E-state index contributed by atoms with van der Waals surface area (Å²) in [6.45, 7) is 2.57. The van der Waals surface area contributed by atoms with E-state index in [1.165, 1.54) is 0 Å². The lowest BCUT2D eigenvalue weighted by Crippen LogP contribution is -1.98. The summed E-state index contributed by atoms with van der Waals surface area (Å²) in [5.74, 6) is 0. The third-order valence-electron chi connectivity index (χ3n) is 2.97. The smallest absolute Gasteiger partial charge is 0.164 e. The SMILES string of the molecule is Cc1cnc2c(c1)ncn2-c1ccc(CN)cc1. The van der Waals surface area contributed by atoms with Gasteiger partial charge in [0.2, 0.25) is 0 Å². The van der Waals surface area contributed by atoms with E-state index in [4.69, 9.17) is 5.73 Å². The molecule has 0 saturated heterocycles. The molecule has 0 saturated carbocycles. The molecule has 1 aromatic carbocycles. The predicted molar refractivity (Wildman–Crippen MR) is 71.5 cm³/mol. The van der Waals surface area contributed by atoms with Crippen LogP contribution in [0.3, 0.4) is 0 Å². The van der Waals surface area contributed by atoms with Crippen LogP contribution in [0.15, 0.2) is 42.9 Å². The van der Waals surface area contributed by atoms with Crippen LogP contribution in [0.1, 0.15) is 11.1 Å². The van der Waals surface area contributed by atoms with Crippen LogP contribution in [-0.4, -0.2) is 14.5 Å². The lowest BCUT2D eigenvalue weighted by Gasteiger charge is -2.04. The van der Waals surface area contributed by atoms with Crippen molar-refractivity contribution in [3.8, 4) is 5.69 Å². The molecular formula is C14H14N4. The first-order chi connectivity index (χ1) is 8.78. The molecule has 0 spiro atoms. The average molecular weight is 238 g/mol. The van der Waals surface area contributed by atoms with E-state index in [9.17, 15) is 0 Å². The summed E-state index contributed by atoms with van der Waals surface area (Å²) >= 11 is 0. The fraction of sp³-hybridized carbons (Fsp3) is 0.143. The van der Waals surface area contributed by atoms with Crippen LogP contribution in [0, 0.1) is 6.92 Å². The molecule has 0 unspecified atom stereocenters. The van der Waals surface area contributed by atoms with E-state index >= 15 is 0 Å². The Morgan fingerprint density at radius 2 is 1.94 bits per heavy atom. The van der Waals surface area contributed by atoms with Crippen molar-refractivity contribution in [2.24, 2.45) is 5.73 Å². The molecule has 0 aliphatic heterocycles. The number of nitrogens with zero attached hydrogens (tertiary/aromatic N) is 3. The van der Waals surface area contributed by atoms with Gasteiger partial charge in [0.05, 0.1) is 0 Å². The van der Waals surface area contributed by atoms with Gasteiger partial charge in [-0.2, -0.15) is 0 Å². The lowest BCUT2D eigenvalue weighted by atomic mass is 10.2. The van der Waals surface area contributed by atoms with Crippen molar-refractivity contribution in [2.45, 2.75) is 13.5 Å². The maximum atomic E-state index is 5.59. The number of hydrogen-bond donors (Lipinski definition) is 1. The molecule has 0 fully saturated rings. The predicted octanol–water partition coefficient (Wildman–Crippen LogP) is 2.19. The molecule has 4 nitrogen and oxygen atoms in total. The topological polar surface area (TPSA) is 56.7 Å². The molecule has 0 bridgehead atoms. The van der Waals surface area contributed by atoms with E-state index in [2.05, 4.69) is 9.97 Å². The summed E-state index contributed by atoms with van der Waals surface area (Å²) in [6, 6.07) is 10.1. The van der Waals surface area contributed by atoms with Crippen molar-refractivity contribution >= 4 is 11.2 Å². The standard InChI is InChI=1S/C14H14N4/c1-10-6-13-14(16-8-10)18(9-17-13)12-4-2-11(7-15)3-5-12/h2-6,8-9H,7,15H2,1H3. The number of aryl methyl sites for hydroxylation is 1. The number of hydrogen-bond acceptors (Lipinski definition) is 3. The van der Waals surface area contributed by atoms with Crippen LogP contribution in [0.5, 0.6) is 0 Å². The van der Waals surface area contributed by atoms with Gasteiger partial charge in [0.15, 0.2) is 5.65 Å². The molecule has 90 valence electrons. The normalized spacial score (nSPS) is 11.0. The van der Waals surface area contributed by atoms with Gasteiger partial charge in [0, 0.05) is 18.4 Å². The van der Waals surface area contributed by atoms with Crippen molar-refractivity contribution in [3.63, 3.8) is 0 Å². The number of nitrogens with two attached hydrogens (primary N) is 1. The van der Waals surface area contributed by atoms with E-state index < -0.39 is 0 Å². The number of pyridine rings is 1. The zero-order valence-electron chi connectivity index (χ0n) is 10.2. The minimum absolute atomic E-state index is 0.558. The molecule has 18 heavy (non-hydrogen) atoms. The van der Waals surface area contributed by atoms with Gasteiger partial charge in [-0.1, -0.05) is 12.1 Å². The van der Waals surface area contributed by atoms with E-state index in [-0.39, 0.29) is 0 Å². The molecule has 0 aliphatic carbocycles. The van der Waals surface area contributed by atoms with Gasteiger partial charge in [0.1, 0.15) is 11.8 Å². The van der Waals surface area contributed by atoms with E-state index in [0.29, 0.717) is 6.54 Å². The van der Waals surface area contributed by atoms with Gasteiger partial charge >= 0.3 is 0 Å². The van der Waals surface area contributed by atoms with Crippen molar-refractivity contribution in [3.05, 3.63) is 54.0 Å². The van der Waals surface area contributed by atoms with Gasteiger partial charge in [0.25, 0.3) is 0 Å². The van der Waals surface area contributed by atoms with Gasteiger partial charge in [-0.15, -0.1) is 0 Å². The van der Waals surface area contributed by atoms with Crippen LogP contribution >= 0.6 is 0 Å². The highest BCUT2D eigenvalue weighted by Gasteiger charge is 2.05. The Balaban J connectivity index is 2.13. The summed E-state index contributed by atoms with van der Waals surface area (Å²) in [5.41, 5.74) is 10.7. The Labute approximate surface area is 105 Å². The quantitative estimate of drug-likeness (QED) is 0.744. The molecule has 0 aliphatic rings. The van der Waals surface area contributed by atoms with Crippen LogP contribution in [0.25, 0.3) is 16.9 Å². The van der Waals surface area contributed by atoms with E-state index in [1.54, 1.807) is 6.33 Å². The fourth-order valence-corrected chi connectivity index (χ4v) is 1.98. The fourth-order valence-electron chi connectivity index (χ4n) is 1.98. The van der Waals surface area contributed by atoms with Crippen molar-refractivity contribution < 1.29 is 0 Å². The first-order valence-electron chi connectivity index (χ1n) is 5.87. The summed E-state index contributed by atoms with van der Waals surface area (Å²) in [7, 11) is 0. The Morgan fingerprint density at radius 3 is 2.67 bits per heavy atom. The van der Waals surface area contributed by atoms with E-state index in [0.717, 1.165) is 28.0 Å². The highest BCUT2D eigenvalue weighted by atomic mass is 15.1. The number of aromatic nitrogens is 3. The molecule has 3 aromatic rings. The first-order valence-corrected chi connectivity index (χ1v) is 5.87. The maximum absolute atomic E-state index is 5.59. The zero-order chi connectivity index (χ0) is 12.5. The Morgan fingerprint density at radius 1 is 1.17 bits per heavy atom. The van der Waals surface area contributed by atoms with Gasteiger partial charge in [-0.3, -0.25) is 4.57 Å². The molecule has 0 amide bonds.